The monoisotopic (exact) mass is 534 g/mol. The quantitative estimate of drug-likeness (QED) is 0.246. The minimum atomic E-state index is -0.696. The highest BCUT2D eigenvalue weighted by Crippen LogP contribution is 2.55. The summed E-state index contributed by atoms with van der Waals surface area (Å²) >= 11 is 0. The number of hydrogen-bond acceptors (Lipinski definition) is 10. The summed E-state index contributed by atoms with van der Waals surface area (Å²) in [7, 11) is 4.57. The van der Waals surface area contributed by atoms with Crippen LogP contribution in [0.4, 0.5) is 5.69 Å². The molecule has 6 rings (SSSR count). The Bertz CT molecular complexity index is 1470. The average Bonchev–Trinajstić information content (AvgIpc) is 3.55. The molecule has 202 valence electrons. The van der Waals surface area contributed by atoms with E-state index in [2.05, 4.69) is 4.90 Å². The second kappa shape index (κ2) is 9.66. The second-order valence-corrected chi connectivity index (χ2v) is 9.40. The third kappa shape index (κ3) is 3.97. The minimum absolute atomic E-state index is 0.0216. The first-order valence-corrected chi connectivity index (χ1v) is 12.4. The van der Waals surface area contributed by atoms with E-state index in [0.29, 0.717) is 59.4 Å². The topological polar surface area (TPSA) is 119 Å². The van der Waals surface area contributed by atoms with Gasteiger partial charge >= 0.3 is 5.97 Å². The molecule has 39 heavy (non-hydrogen) atoms. The van der Waals surface area contributed by atoms with Crippen LogP contribution in [-0.2, 0) is 17.7 Å². The average molecular weight is 535 g/mol. The van der Waals surface area contributed by atoms with Gasteiger partial charge in [0.25, 0.3) is 5.69 Å². The summed E-state index contributed by atoms with van der Waals surface area (Å²) in [6.45, 7) is 1.18. The number of esters is 1. The van der Waals surface area contributed by atoms with Crippen molar-refractivity contribution in [1.29, 1.82) is 0 Å². The van der Waals surface area contributed by atoms with Crippen LogP contribution in [0.2, 0.25) is 0 Å². The summed E-state index contributed by atoms with van der Waals surface area (Å²) in [6, 6.07) is 11.5. The van der Waals surface area contributed by atoms with E-state index in [4.69, 9.17) is 28.4 Å². The number of nitrogens with zero attached hydrogens (tertiary/aromatic N) is 2. The van der Waals surface area contributed by atoms with Gasteiger partial charge in [-0.25, -0.2) is 4.79 Å². The van der Waals surface area contributed by atoms with E-state index in [1.54, 1.807) is 25.3 Å². The van der Waals surface area contributed by atoms with Crippen LogP contribution >= 0.6 is 0 Å². The Morgan fingerprint density at radius 3 is 2.49 bits per heavy atom. The van der Waals surface area contributed by atoms with Crippen molar-refractivity contribution in [2.24, 2.45) is 0 Å². The molecule has 3 aromatic carbocycles. The van der Waals surface area contributed by atoms with E-state index >= 15 is 0 Å². The number of nitro benzene ring substituents is 1. The molecule has 3 aliphatic heterocycles. The number of nitro groups is 1. The Kier molecular flexibility index (Phi) is 6.15. The molecule has 0 N–H and O–H groups in total. The Labute approximate surface area is 223 Å². The van der Waals surface area contributed by atoms with Crippen LogP contribution in [0.25, 0.3) is 0 Å². The number of ether oxygens (including phenoxy) is 6. The van der Waals surface area contributed by atoms with E-state index in [0.717, 1.165) is 16.7 Å². The highest BCUT2D eigenvalue weighted by Gasteiger charge is 2.47. The summed E-state index contributed by atoms with van der Waals surface area (Å²) in [5, 5.41) is 11.2. The first kappa shape index (κ1) is 24.8. The molecular formula is C28H26N2O9. The smallest absolute Gasteiger partial charge is 0.343 e. The Morgan fingerprint density at radius 2 is 1.79 bits per heavy atom. The maximum absolute atomic E-state index is 13.3. The van der Waals surface area contributed by atoms with Crippen molar-refractivity contribution < 1.29 is 38.1 Å². The highest BCUT2D eigenvalue weighted by atomic mass is 16.7. The highest BCUT2D eigenvalue weighted by molar-refractivity contribution is 5.98. The molecule has 11 heteroatoms. The zero-order valence-electron chi connectivity index (χ0n) is 21.6. The van der Waals surface area contributed by atoms with E-state index in [9.17, 15) is 14.9 Å². The molecule has 2 atom stereocenters. The van der Waals surface area contributed by atoms with Gasteiger partial charge in [0.05, 0.1) is 32.3 Å². The standard InChI is InChI=1S/C28H26N2O9/c1-34-19-9-8-18-22(25(19)35-2)28(31)39-24(18)23-21-16(12-20-26(27(21)36-3)38-14-37-20)10-11-29(23)13-15-4-6-17(7-5-15)30(32)33/h4-9,12,23-24H,10-11,13-14H2,1-3H3/t23-,24+/m1/s1. The SMILES string of the molecule is COc1ccc2c(c1OC)C(=O)O[C@@H]2[C@H]1c2c(cc3c(c2OC)OCO3)CCN1Cc1ccc([N+](=O)[O-])cc1. The molecule has 3 heterocycles. The number of hydrogen-bond donors (Lipinski definition) is 0. The number of benzene rings is 3. The van der Waals surface area contributed by atoms with Gasteiger partial charge < -0.3 is 28.4 Å². The molecule has 0 unspecified atom stereocenters. The lowest BCUT2D eigenvalue weighted by molar-refractivity contribution is -0.384. The number of carbonyl (C=O) groups excluding carboxylic acids is 1. The fourth-order valence-corrected chi connectivity index (χ4v) is 5.74. The fourth-order valence-electron chi connectivity index (χ4n) is 5.74. The van der Waals surface area contributed by atoms with Crippen molar-refractivity contribution in [3.63, 3.8) is 0 Å². The largest absolute Gasteiger partial charge is 0.493 e. The summed E-state index contributed by atoms with van der Waals surface area (Å²) in [6.07, 6.45) is -0.00988. The zero-order valence-corrected chi connectivity index (χ0v) is 21.6. The normalized spacial score (nSPS) is 19.2. The lowest BCUT2D eigenvalue weighted by Crippen LogP contribution is -2.38. The van der Waals surface area contributed by atoms with E-state index < -0.39 is 23.0 Å². The van der Waals surface area contributed by atoms with Gasteiger partial charge in [0.2, 0.25) is 12.5 Å². The van der Waals surface area contributed by atoms with Crippen LogP contribution < -0.4 is 23.7 Å². The summed E-state index contributed by atoms with van der Waals surface area (Å²) in [5.74, 6) is 1.90. The fraction of sp³-hybridized carbons (Fsp3) is 0.321. The van der Waals surface area contributed by atoms with Gasteiger partial charge in [-0.1, -0.05) is 18.2 Å². The molecule has 0 spiro atoms. The van der Waals surface area contributed by atoms with Crippen molar-refractivity contribution in [1.82, 2.24) is 4.90 Å². The van der Waals surface area contributed by atoms with Crippen LogP contribution in [-0.4, -0.2) is 50.5 Å². The molecule has 0 aromatic heterocycles. The summed E-state index contributed by atoms with van der Waals surface area (Å²) < 4.78 is 34.4. The van der Waals surface area contributed by atoms with Crippen LogP contribution in [0.15, 0.2) is 42.5 Å². The lowest BCUT2D eigenvalue weighted by atomic mass is 9.84. The Morgan fingerprint density at radius 1 is 1.03 bits per heavy atom. The van der Waals surface area contributed by atoms with Crippen LogP contribution in [0.1, 0.15) is 44.8 Å². The van der Waals surface area contributed by atoms with Gasteiger partial charge in [0, 0.05) is 36.3 Å². The van der Waals surface area contributed by atoms with Crippen molar-refractivity contribution in [3.05, 3.63) is 80.4 Å². The van der Waals surface area contributed by atoms with Gasteiger partial charge in [-0.15, -0.1) is 0 Å². The Hall–Kier alpha value is -4.51. The number of non-ortho nitro benzene ring substituents is 1. The minimum Gasteiger partial charge on any atom is -0.493 e. The van der Waals surface area contributed by atoms with Gasteiger partial charge in [-0.3, -0.25) is 15.0 Å². The third-order valence-corrected chi connectivity index (χ3v) is 7.45. The number of cyclic esters (lactones) is 1. The van der Waals surface area contributed by atoms with Crippen LogP contribution in [0.5, 0.6) is 28.7 Å². The van der Waals surface area contributed by atoms with Gasteiger partial charge in [0.15, 0.2) is 23.0 Å². The van der Waals surface area contributed by atoms with Crippen LogP contribution in [0, 0.1) is 10.1 Å². The van der Waals surface area contributed by atoms with E-state index in [1.807, 2.05) is 12.1 Å². The molecule has 0 bridgehead atoms. The maximum atomic E-state index is 13.3. The predicted octanol–water partition coefficient (Wildman–Crippen LogP) is 4.36. The molecule has 3 aliphatic rings. The maximum Gasteiger partial charge on any atom is 0.343 e. The molecule has 3 aromatic rings. The zero-order chi connectivity index (χ0) is 27.3. The van der Waals surface area contributed by atoms with Crippen molar-refractivity contribution in [2.75, 3.05) is 34.7 Å². The van der Waals surface area contributed by atoms with Gasteiger partial charge in [0.1, 0.15) is 11.7 Å². The van der Waals surface area contributed by atoms with Crippen LogP contribution in [0.3, 0.4) is 0 Å². The predicted molar refractivity (Wildman–Crippen MR) is 137 cm³/mol. The second-order valence-electron chi connectivity index (χ2n) is 9.40. The van der Waals surface area contributed by atoms with E-state index in [1.165, 1.54) is 26.4 Å². The molecule has 0 amide bonds. The number of methoxy groups -OCH3 is 3. The van der Waals surface area contributed by atoms with Crippen molar-refractivity contribution in [2.45, 2.75) is 25.1 Å². The summed E-state index contributed by atoms with van der Waals surface area (Å²) in [4.78, 5) is 26.2. The molecule has 0 saturated heterocycles. The van der Waals surface area contributed by atoms with E-state index in [-0.39, 0.29) is 12.5 Å². The Balaban J connectivity index is 1.49. The number of rotatable bonds is 7. The van der Waals surface area contributed by atoms with Gasteiger partial charge in [-0.05, 0) is 29.7 Å². The third-order valence-electron chi connectivity index (χ3n) is 7.45. The first-order chi connectivity index (χ1) is 18.9. The van der Waals surface area contributed by atoms with Gasteiger partial charge in [-0.2, -0.15) is 0 Å². The first-order valence-electron chi connectivity index (χ1n) is 12.4. The molecule has 0 fully saturated rings. The number of carbonyl (C=O) groups is 1. The van der Waals surface area contributed by atoms with Crippen molar-refractivity contribution in [3.8, 4) is 28.7 Å². The number of fused-ring (bicyclic) bond motifs is 3. The summed E-state index contributed by atoms with van der Waals surface area (Å²) in [5.41, 5.74) is 3.74. The molecular weight excluding hydrogens is 508 g/mol. The van der Waals surface area contributed by atoms with Crippen molar-refractivity contribution >= 4 is 11.7 Å². The molecule has 11 nitrogen and oxygen atoms in total. The molecule has 0 aliphatic carbocycles. The lowest BCUT2D eigenvalue weighted by Gasteiger charge is -2.40. The molecule has 0 saturated carbocycles. The molecule has 0 radical (unpaired) electrons.